The van der Waals surface area contributed by atoms with Crippen LogP contribution in [0.5, 0.6) is 17.2 Å². The van der Waals surface area contributed by atoms with Gasteiger partial charge in [-0.25, -0.2) is 0 Å². The summed E-state index contributed by atoms with van der Waals surface area (Å²) < 4.78 is 16.5. The van der Waals surface area contributed by atoms with Gasteiger partial charge < -0.3 is 14.2 Å². The Labute approximate surface area is 159 Å². The van der Waals surface area contributed by atoms with E-state index in [1.807, 2.05) is 0 Å². The first-order valence-electron chi connectivity index (χ1n) is 9.45. The SMILES string of the molecule is COc1cc2c(cc1OC)C(=O)C(Cc1ccc(CN3CCCC3)cc1)O2. The molecule has 5 nitrogen and oxygen atoms in total. The maximum Gasteiger partial charge on any atom is 0.207 e. The topological polar surface area (TPSA) is 48.0 Å². The lowest BCUT2D eigenvalue weighted by Crippen LogP contribution is -2.23. The first-order chi connectivity index (χ1) is 13.2. The monoisotopic (exact) mass is 367 g/mol. The van der Waals surface area contributed by atoms with Gasteiger partial charge >= 0.3 is 0 Å². The second-order valence-electron chi connectivity index (χ2n) is 7.18. The van der Waals surface area contributed by atoms with Gasteiger partial charge in [-0.3, -0.25) is 9.69 Å². The summed E-state index contributed by atoms with van der Waals surface area (Å²) in [6.45, 7) is 3.39. The summed E-state index contributed by atoms with van der Waals surface area (Å²) in [6.07, 6.45) is 2.66. The van der Waals surface area contributed by atoms with Gasteiger partial charge in [0.25, 0.3) is 0 Å². The fourth-order valence-electron chi connectivity index (χ4n) is 3.86. The van der Waals surface area contributed by atoms with E-state index >= 15 is 0 Å². The number of hydrogen-bond donors (Lipinski definition) is 0. The molecule has 0 radical (unpaired) electrons. The highest BCUT2D eigenvalue weighted by Crippen LogP contribution is 2.39. The Balaban J connectivity index is 1.44. The minimum atomic E-state index is -0.499. The maximum atomic E-state index is 12.7. The predicted octanol–water partition coefficient (Wildman–Crippen LogP) is 3.49. The van der Waals surface area contributed by atoms with Crippen LogP contribution in [0.1, 0.15) is 34.3 Å². The zero-order valence-electron chi connectivity index (χ0n) is 15.9. The number of hydrogen-bond acceptors (Lipinski definition) is 5. The minimum Gasteiger partial charge on any atom is -0.493 e. The normalized spacial score (nSPS) is 19.0. The molecule has 0 N–H and O–H groups in total. The highest BCUT2D eigenvalue weighted by Gasteiger charge is 2.34. The van der Waals surface area contributed by atoms with Crippen LogP contribution in [0.15, 0.2) is 36.4 Å². The Morgan fingerprint density at radius 3 is 2.30 bits per heavy atom. The number of methoxy groups -OCH3 is 2. The molecule has 5 heteroatoms. The van der Waals surface area contributed by atoms with Gasteiger partial charge in [-0.05, 0) is 43.1 Å². The van der Waals surface area contributed by atoms with Gasteiger partial charge in [0.1, 0.15) is 5.75 Å². The van der Waals surface area contributed by atoms with Crippen molar-refractivity contribution in [2.75, 3.05) is 27.3 Å². The van der Waals surface area contributed by atoms with Crippen LogP contribution in [0.4, 0.5) is 0 Å². The largest absolute Gasteiger partial charge is 0.493 e. The van der Waals surface area contributed by atoms with E-state index in [9.17, 15) is 4.79 Å². The summed E-state index contributed by atoms with van der Waals surface area (Å²) in [5.41, 5.74) is 2.98. The summed E-state index contributed by atoms with van der Waals surface area (Å²) >= 11 is 0. The Bertz CT molecular complexity index is 825. The molecule has 1 fully saturated rings. The van der Waals surface area contributed by atoms with Crippen molar-refractivity contribution < 1.29 is 19.0 Å². The molecule has 2 aliphatic rings. The fraction of sp³-hybridized carbons (Fsp3) is 0.409. The van der Waals surface area contributed by atoms with Gasteiger partial charge in [-0.1, -0.05) is 24.3 Å². The third-order valence-electron chi connectivity index (χ3n) is 5.36. The summed E-state index contributed by atoms with van der Waals surface area (Å²) in [5, 5.41) is 0. The third kappa shape index (κ3) is 3.65. The molecule has 0 bridgehead atoms. The second kappa shape index (κ2) is 7.61. The molecule has 1 unspecified atom stereocenters. The van der Waals surface area contributed by atoms with Crippen molar-refractivity contribution in [3.63, 3.8) is 0 Å². The standard InChI is InChI=1S/C22H25NO4/c1-25-19-12-17-18(13-20(19)26-2)27-21(22(17)24)11-15-5-7-16(8-6-15)14-23-9-3-4-10-23/h5-8,12-13,21H,3-4,9-11,14H2,1-2H3. The molecule has 2 aromatic rings. The van der Waals surface area contributed by atoms with E-state index in [2.05, 4.69) is 29.2 Å². The average molecular weight is 367 g/mol. The fourth-order valence-corrected chi connectivity index (χ4v) is 3.86. The summed E-state index contributed by atoms with van der Waals surface area (Å²) in [7, 11) is 3.13. The number of Topliss-reactive ketones (excluding diaryl/α,β-unsaturated/α-hetero) is 1. The van der Waals surface area contributed by atoms with Gasteiger partial charge in [-0.15, -0.1) is 0 Å². The molecule has 0 saturated carbocycles. The maximum absolute atomic E-state index is 12.7. The van der Waals surface area contributed by atoms with Gasteiger partial charge in [0.15, 0.2) is 17.6 Å². The van der Waals surface area contributed by atoms with Crippen LogP contribution in [0.2, 0.25) is 0 Å². The molecular weight excluding hydrogens is 342 g/mol. The lowest BCUT2D eigenvalue weighted by atomic mass is 10.0. The van der Waals surface area contributed by atoms with E-state index in [1.165, 1.54) is 31.5 Å². The minimum absolute atomic E-state index is 0.00732. The Morgan fingerprint density at radius 1 is 1.00 bits per heavy atom. The van der Waals surface area contributed by atoms with E-state index in [0.29, 0.717) is 29.2 Å². The van der Waals surface area contributed by atoms with E-state index in [-0.39, 0.29) is 5.78 Å². The van der Waals surface area contributed by atoms with Crippen molar-refractivity contribution in [3.05, 3.63) is 53.1 Å². The van der Waals surface area contributed by atoms with Gasteiger partial charge in [-0.2, -0.15) is 0 Å². The van der Waals surface area contributed by atoms with Crippen LogP contribution in [-0.2, 0) is 13.0 Å². The smallest absolute Gasteiger partial charge is 0.207 e. The number of likely N-dealkylation sites (tertiary alicyclic amines) is 1. The van der Waals surface area contributed by atoms with Crippen molar-refractivity contribution in [3.8, 4) is 17.2 Å². The highest BCUT2D eigenvalue weighted by atomic mass is 16.5. The molecule has 2 heterocycles. The molecule has 0 spiro atoms. The van der Waals surface area contributed by atoms with Crippen molar-refractivity contribution in [2.45, 2.75) is 31.9 Å². The second-order valence-corrected chi connectivity index (χ2v) is 7.18. The van der Waals surface area contributed by atoms with E-state index in [1.54, 1.807) is 26.4 Å². The lowest BCUT2D eigenvalue weighted by molar-refractivity contribution is 0.0857. The summed E-state index contributed by atoms with van der Waals surface area (Å²) in [4.78, 5) is 15.2. The van der Waals surface area contributed by atoms with Crippen molar-refractivity contribution >= 4 is 5.78 Å². The molecule has 142 valence electrons. The number of benzene rings is 2. The van der Waals surface area contributed by atoms with Gasteiger partial charge in [0, 0.05) is 19.0 Å². The van der Waals surface area contributed by atoms with Crippen LogP contribution >= 0.6 is 0 Å². The van der Waals surface area contributed by atoms with Crippen LogP contribution in [0, 0.1) is 0 Å². The van der Waals surface area contributed by atoms with Gasteiger partial charge in [0.2, 0.25) is 5.78 Å². The van der Waals surface area contributed by atoms with Crippen LogP contribution < -0.4 is 14.2 Å². The molecule has 1 saturated heterocycles. The lowest BCUT2D eigenvalue weighted by Gasteiger charge is -2.15. The van der Waals surface area contributed by atoms with Crippen LogP contribution in [0.3, 0.4) is 0 Å². The molecular formula is C22H25NO4. The summed E-state index contributed by atoms with van der Waals surface area (Å²) in [6, 6.07) is 12.0. The number of carbonyl (C=O) groups excluding carboxylic acids is 1. The van der Waals surface area contributed by atoms with Gasteiger partial charge in [0.05, 0.1) is 19.8 Å². The number of fused-ring (bicyclic) bond motifs is 1. The number of ether oxygens (including phenoxy) is 3. The first kappa shape index (κ1) is 17.9. The zero-order valence-corrected chi connectivity index (χ0v) is 15.9. The quantitative estimate of drug-likeness (QED) is 0.782. The Hall–Kier alpha value is -2.53. The Morgan fingerprint density at radius 2 is 1.63 bits per heavy atom. The molecule has 0 aliphatic carbocycles. The molecule has 1 atom stereocenters. The van der Waals surface area contributed by atoms with E-state index in [0.717, 1.165) is 12.1 Å². The molecule has 0 aromatic heterocycles. The molecule has 2 aliphatic heterocycles. The van der Waals surface area contributed by atoms with Crippen molar-refractivity contribution in [2.24, 2.45) is 0 Å². The molecule has 0 amide bonds. The molecule has 2 aromatic carbocycles. The first-order valence-corrected chi connectivity index (χ1v) is 9.45. The Kier molecular flexibility index (Phi) is 5.03. The summed E-state index contributed by atoms with van der Waals surface area (Å²) in [5.74, 6) is 1.66. The van der Waals surface area contributed by atoms with E-state index < -0.39 is 6.10 Å². The van der Waals surface area contributed by atoms with Crippen molar-refractivity contribution in [1.82, 2.24) is 4.90 Å². The predicted molar refractivity (Wildman–Crippen MR) is 103 cm³/mol. The number of rotatable bonds is 6. The third-order valence-corrected chi connectivity index (χ3v) is 5.36. The number of carbonyl (C=O) groups is 1. The highest BCUT2D eigenvalue weighted by molar-refractivity contribution is 6.05. The molecule has 27 heavy (non-hydrogen) atoms. The van der Waals surface area contributed by atoms with Crippen molar-refractivity contribution in [1.29, 1.82) is 0 Å². The van der Waals surface area contributed by atoms with Crippen LogP contribution in [-0.4, -0.2) is 44.1 Å². The molecule has 4 rings (SSSR count). The van der Waals surface area contributed by atoms with E-state index in [4.69, 9.17) is 14.2 Å². The zero-order chi connectivity index (χ0) is 18.8. The number of nitrogens with zero attached hydrogens (tertiary/aromatic N) is 1. The number of ketones is 1. The van der Waals surface area contributed by atoms with Crippen LogP contribution in [0.25, 0.3) is 0 Å². The average Bonchev–Trinajstić information content (AvgIpc) is 3.30.